The number of nitrogens with zero attached hydrogens (tertiary/aromatic N) is 1. The minimum atomic E-state index is -0.375. The van der Waals surface area contributed by atoms with Crippen LogP contribution in [0, 0.1) is 13.8 Å². The van der Waals surface area contributed by atoms with Crippen LogP contribution in [0.5, 0.6) is 0 Å². The van der Waals surface area contributed by atoms with E-state index in [1.807, 2.05) is 24.3 Å². The van der Waals surface area contributed by atoms with Crippen molar-refractivity contribution in [3.8, 4) is 11.4 Å². The number of hydrogen-bond donors (Lipinski definition) is 1. The number of fused-ring (bicyclic) bond motifs is 1. The molecular formula is C17H16N2O2. The van der Waals surface area contributed by atoms with Crippen molar-refractivity contribution in [2.45, 2.75) is 13.8 Å². The van der Waals surface area contributed by atoms with E-state index in [0.29, 0.717) is 11.1 Å². The van der Waals surface area contributed by atoms with E-state index in [4.69, 9.17) is 4.74 Å². The highest BCUT2D eigenvalue weighted by molar-refractivity contribution is 6.02. The maximum atomic E-state index is 11.8. The molecule has 0 aliphatic heterocycles. The molecule has 0 aliphatic carbocycles. The van der Waals surface area contributed by atoms with Gasteiger partial charge in [0.05, 0.1) is 18.2 Å². The zero-order valence-electron chi connectivity index (χ0n) is 12.2. The molecular weight excluding hydrogens is 264 g/mol. The van der Waals surface area contributed by atoms with Gasteiger partial charge in [-0.2, -0.15) is 0 Å². The molecule has 0 unspecified atom stereocenters. The highest BCUT2D eigenvalue weighted by Gasteiger charge is 2.15. The lowest BCUT2D eigenvalue weighted by molar-refractivity contribution is 0.0603. The number of hydrogen-bond acceptors (Lipinski definition) is 3. The molecule has 3 rings (SSSR count). The van der Waals surface area contributed by atoms with Gasteiger partial charge in [0.2, 0.25) is 0 Å². The summed E-state index contributed by atoms with van der Waals surface area (Å²) in [6.45, 7) is 4.14. The number of aromatic nitrogens is 2. The molecule has 0 radical (unpaired) electrons. The van der Waals surface area contributed by atoms with E-state index in [1.54, 1.807) is 6.07 Å². The minimum Gasteiger partial charge on any atom is -0.465 e. The highest BCUT2D eigenvalue weighted by atomic mass is 16.5. The Balaban J connectivity index is 2.22. The molecule has 0 saturated heterocycles. The van der Waals surface area contributed by atoms with E-state index in [9.17, 15) is 4.79 Å². The van der Waals surface area contributed by atoms with Crippen molar-refractivity contribution in [1.29, 1.82) is 0 Å². The van der Waals surface area contributed by atoms with Gasteiger partial charge >= 0.3 is 5.97 Å². The van der Waals surface area contributed by atoms with Crippen molar-refractivity contribution in [2.75, 3.05) is 7.11 Å². The van der Waals surface area contributed by atoms with Gasteiger partial charge in [-0.05, 0) is 37.1 Å². The van der Waals surface area contributed by atoms with Crippen molar-refractivity contribution in [2.24, 2.45) is 0 Å². The fourth-order valence-corrected chi connectivity index (χ4v) is 2.44. The number of esters is 1. The molecule has 4 heteroatoms. The number of aryl methyl sites for hydroxylation is 1. The first-order valence-corrected chi connectivity index (χ1v) is 6.75. The van der Waals surface area contributed by atoms with E-state index in [0.717, 1.165) is 16.9 Å². The zero-order chi connectivity index (χ0) is 15.0. The van der Waals surface area contributed by atoms with E-state index in [2.05, 4.69) is 29.9 Å². The predicted octanol–water partition coefficient (Wildman–Crippen LogP) is 3.63. The lowest BCUT2D eigenvalue weighted by atomic mass is 10.0. The maximum absolute atomic E-state index is 11.8. The lowest BCUT2D eigenvalue weighted by Crippen LogP contribution is -2.01. The lowest BCUT2D eigenvalue weighted by Gasteiger charge is -2.05. The van der Waals surface area contributed by atoms with Crippen LogP contribution in [0.4, 0.5) is 0 Å². The fraction of sp³-hybridized carbons (Fsp3) is 0.176. The quantitative estimate of drug-likeness (QED) is 0.729. The van der Waals surface area contributed by atoms with Crippen LogP contribution in [0.15, 0.2) is 36.4 Å². The molecule has 3 aromatic rings. The molecule has 0 amide bonds. The third-order valence-corrected chi connectivity index (χ3v) is 3.78. The Labute approximate surface area is 122 Å². The summed E-state index contributed by atoms with van der Waals surface area (Å²) >= 11 is 0. The largest absolute Gasteiger partial charge is 0.465 e. The van der Waals surface area contributed by atoms with Crippen LogP contribution < -0.4 is 0 Å². The molecule has 1 aromatic heterocycles. The number of methoxy groups -OCH3 is 1. The Morgan fingerprint density at radius 3 is 2.67 bits per heavy atom. The Morgan fingerprint density at radius 1 is 1.14 bits per heavy atom. The molecule has 4 nitrogen and oxygen atoms in total. The third kappa shape index (κ3) is 2.18. The number of nitrogens with one attached hydrogen (secondary N) is 1. The van der Waals surface area contributed by atoms with Crippen LogP contribution >= 0.6 is 0 Å². The van der Waals surface area contributed by atoms with Crippen molar-refractivity contribution in [3.63, 3.8) is 0 Å². The molecule has 0 spiro atoms. The molecule has 2 aromatic carbocycles. The number of H-pyrrole nitrogens is 1. The molecule has 106 valence electrons. The zero-order valence-corrected chi connectivity index (χ0v) is 12.2. The van der Waals surface area contributed by atoms with Crippen LogP contribution in [0.2, 0.25) is 0 Å². The standard InChI is InChI=1S/C17H16N2O2/c1-10-6-4-7-12(11(10)2)16-18-14-9-5-8-13(15(14)19-16)17(20)21-3/h4-9H,1-3H3,(H,18,19). The van der Waals surface area contributed by atoms with E-state index in [-0.39, 0.29) is 5.97 Å². The molecule has 21 heavy (non-hydrogen) atoms. The Bertz CT molecular complexity index is 834. The van der Waals surface area contributed by atoms with Crippen LogP contribution in [-0.2, 0) is 4.74 Å². The number of carbonyl (C=O) groups is 1. The van der Waals surface area contributed by atoms with Gasteiger partial charge in [-0.1, -0.05) is 24.3 Å². The summed E-state index contributed by atoms with van der Waals surface area (Å²) in [5.74, 6) is 0.391. The average Bonchev–Trinajstić information content (AvgIpc) is 2.92. The Morgan fingerprint density at radius 2 is 1.90 bits per heavy atom. The predicted molar refractivity (Wildman–Crippen MR) is 82.3 cm³/mol. The number of aromatic amines is 1. The maximum Gasteiger partial charge on any atom is 0.340 e. The van der Waals surface area contributed by atoms with Gasteiger partial charge < -0.3 is 9.72 Å². The van der Waals surface area contributed by atoms with Gasteiger partial charge in [0, 0.05) is 5.56 Å². The summed E-state index contributed by atoms with van der Waals surface area (Å²) in [5, 5.41) is 0. The topological polar surface area (TPSA) is 55.0 Å². The number of carbonyl (C=O) groups excluding carboxylic acids is 1. The highest BCUT2D eigenvalue weighted by Crippen LogP contribution is 2.26. The van der Waals surface area contributed by atoms with Crippen LogP contribution in [0.25, 0.3) is 22.4 Å². The van der Waals surface area contributed by atoms with Crippen molar-refractivity contribution < 1.29 is 9.53 Å². The number of ether oxygens (including phenoxy) is 1. The second-order valence-electron chi connectivity index (χ2n) is 5.03. The van der Waals surface area contributed by atoms with Crippen LogP contribution in [0.1, 0.15) is 21.5 Å². The van der Waals surface area contributed by atoms with Crippen LogP contribution in [0.3, 0.4) is 0 Å². The van der Waals surface area contributed by atoms with Gasteiger partial charge in [-0.25, -0.2) is 9.78 Å². The molecule has 0 atom stereocenters. The number of imidazole rings is 1. The smallest absolute Gasteiger partial charge is 0.340 e. The van der Waals surface area contributed by atoms with Gasteiger partial charge in [0.1, 0.15) is 11.3 Å². The SMILES string of the molecule is COC(=O)c1cccc2[nH]c(-c3cccc(C)c3C)nc12. The Hall–Kier alpha value is -2.62. The van der Waals surface area contributed by atoms with Crippen molar-refractivity contribution in [3.05, 3.63) is 53.1 Å². The number of benzene rings is 2. The number of para-hydroxylation sites is 1. The summed E-state index contributed by atoms with van der Waals surface area (Å²) in [6, 6.07) is 11.6. The first kappa shape index (κ1) is 13.4. The molecule has 0 aliphatic rings. The molecule has 1 heterocycles. The first-order valence-electron chi connectivity index (χ1n) is 6.75. The van der Waals surface area contributed by atoms with E-state index in [1.165, 1.54) is 18.2 Å². The van der Waals surface area contributed by atoms with Gasteiger partial charge in [0.15, 0.2) is 0 Å². The second-order valence-corrected chi connectivity index (χ2v) is 5.03. The summed E-state index contributed by atoms with van der Waals surface area (Å²) in [4.78, 5) is 19.7. The summed E-state index contributed by atoms with van der Waals surface area (Å²) in [7, 11) is 1.37. The second kappa shape index (κ2) is 5.05. The van der Waals surface area contributed by atoms with Gasteiger partial charge in [-0.3, -0.25) is 0 Å². The Kier molecular flexibility index (Phi) is 3.22. The summed E-state index contributed by atoms with van der Waals surface area (Å²) in [6.07, 6.45) is 0. The summed E-state index contributed by atoms with van der Waals surface area (Å²) in [5.41, 5.74) is 5.37. The average molecular weight is 280 g/mol. The van der Waals surface area contributed by atoms with E-state index < -0.39 is 0 Å². The number of rotatable bonds is 2. The van der Waals surface area contributed by atoms with Crippen LogP contribution in [-0.4, -0.2) is 23.0 Å². The molecule has 0 fully saturated rings. The summed E-state index contributed by atoms with van der Waals surface area (Å²) < 4.78 is 4.81. The fourth-order valence-electron chi connectivity index (χ4n) is 2.44. The minimum absolute atomic E-state index is 0.375. The molecule has 0 bridgehead atoms. The normalized spacial score (nSPS) is 10.8. The van der Waals surface area contributed by atoms with Crippen molar-refractivity contribution in [1.82, 2.24) is 9.97 Å². The third-order valence-electron chi connectivity index (χ3n) is 3.78. The van der Waals surface area contributed by atoms with E-state index >= 15 is 0 Å². The van der Waals surface area contributed by atoms with Gasteiger partial charge in [0.25, 0.3) is 0 Å². The molecule has 0 saturated carbocycles. The first-order chi connectivity index (χ1) is 10.1. The molecule has 1 N–H and O–H groups in total. The van der Waals surface area contributed by atoms with Gasteiger partial charge in [-0.15, -0.1) is 0 Å². The van der Waals surface area contributed by atoms with Crippen molar-refractivity contribution >= 4 is 17.0 Å². The monoisotopic (exact) mass is 280 g/mol.